The largest absolute Gasteiger partial charge is 0.391 e. The van der Waals surface area contributed by atoms with E-state index in [1.165, 1.54) is 5.56 Å². The van der Waals surface area contributed by atoms with E-state index in [0.29, 0.717) is 25.3 Å². The van der Waals surface area contributed by atoms with Gasteiger partial charge in [-0.05, 0) is 41.5 Å². The third kappa shape index (κ3) is 3.82. The number of aliphatic hydroxyl groups excluding tert-OH is 1. The number of anilines is 1. The zero-order chi connectivity index (χ0) is 21.5. The molecule has 1 saturated carbocycles. The van der Waals surface area contributed by atoms with Crippen LogP contribution in [-0.4, -0.2) is 40.3 Å². The molecule has 1 aliphatic carbocycles. The maximum Gasteiger partial charge on any atom is 0.163 e. The molecule has 156 valence electrons. The van der Waals surface area contributed by atoms with E-state index in [1.807, 2.05) is 11.0 Å². The highest BCUT2D eigenvalue weighted by atomic mass is 16.3. The fourth-order valence-electron chi connectivity index (χ4n) is 4.37. The topological polar surface area (TPSA) is 90.1 Å². The lowest BCUT2D eigenvalue weighted by molar-refractivity contribution is -0.123. The molecular formula is C24H28N4O2. The number of nitriles is 1. The molecule has 6 heteroatoms. The van der Waals surface area contributed by atoms with Crippen molar-refractivity contribution in [1.82, 2.24) is 10.2 Å². The van der Waals surface area contributed by atoms with Gasteiger partial charge in [0.05, 0.1) is 11.5 Å². The average Bonchev–Trinajstić information content (AvgIpc) is 3.47. The van der Waals surface area contributed by atoms with Crippen LogP contribution in [-0.2, 0) is 15.6 Å². The molecule has 0 bridgehead atoms. The molecule has 6 nitrogen and oxygen atoms in total. The van der Waals surface area contributed by atoms with E-state index in [0.717, 1.165) is 18.4 Å². The minimum atomic E-state index is -0.578. The Kier molecular flexibility index (Phi) is 5.11. The summed E-state index contributed by atoms with van der Waals surface area (Å²) in [6.07, 6.45) is 1.55. The average molecular weight is 405 g/mol. The van der Waals surface area contributed by atoms with Crippen molar-refractivity contribution < 1.29 is 9.90 Å². The molecule has 2 heterocycles. The second-order valence-corrected chi connectivity index (χ2v) is 9.66. The number of carbonyl (C=O) groups is 1. The number of carbonyl (C=O) groups excluding carboxylic acids is 1. The number of aromatic nitrogens is 2. The molecule has 2 aliphatic rings. The Hall–Kier alpha value is -2.78. The summed E-state index contributed by atoms with van der Waals surface area (Å²) < 4.78 is 0. The summed E-state index contributed by atoms with van der Waals surface area (Å²) in [6, 6.07) is 13.8. The van der Waals surface area contributed by atoms with Crippen LogP contribution in [0.15, 0.2) is 36.4 Å². The summed E-state index contributed by atoms with van der Waals surface area (Å²) in [5, 5.41) is 27.4. The van der Waals surface area contributed by atoms with Crippen molar-refractivity contribution in [1.29, 1.82) is 5.26 Å². The highest BCUT2D eigenvalue weighted by Crippen LogP contribution is 2.50. The fraction of sp³-hybridized carbons (Fsp3) is 0.500. The molecule has 2 fully saturated rings. The maximum absolute atomic E-state index is 13.2. The SMILES string of the molecule is CC(C)(C)c1ccc(C2(C(=O)CC3CN(c4ccc(C#N)nn4)C[C@H]3O)CC2)cc1. The van der Waals surface area contributed by atoms with Crippen LogP contribution in [0.4, 0.5) is 5.82 Å². The van der Waals surface area contributed by atoms with Crippen molar-refractivity contribution >= 4 is 11.6 Å². The molecular weight excluding hydrogens is 376 g/mol. The summed E-state index contributed by atoms with van der Waals surface area (Å²) in [4.78, 5) is 15.2. The van der Waals surface area contributed by atoms with E-state index in [9.17, 15) is 9.90 Å². The van der Waals surface area contributed by atoms with Gasteiger partial charge in [0.25, 0.3) is 0 Å². The van der Waals surface area contributed by atoms with Gasteiger partial charge >= 0.3 is 0 Å². The zero-order valence-corrected chi connectivity index (χ0v) is 17.8. The highest BCUT2D eigenvalue weighted by Gasteiger charge is 2.51. The number of β-amino-alcohol motifs (C(OH)–C–C–N with tert-alkyl or cyclic N) is 1. The monoisotopic (exact) mass is 404 g/mol. The fourth-order valence-corrected chi connectivity index (χ4v) is 4.37. The van der Waals surface area contributed by atoms with E-state index < -0.39 is 6.10 Å². The van der Waals surface area contributed by atoms with E-state index in [2.05, 4.69) is 55.2 Å². The number of nitrogens with zero attached hydrogens (tertiary/aromatic N) is 4. The Bertz CT molecular complexity index is 966. The van der Waals surface area contributed by atoms with Crippen LogP contribution in [0.25, 0.3) is 0 Å². The van der Waals surface area contributed by atoms with Crippen LogP contribution in [0.2, 0.25) is 0 Å². The number of hydrogen-bond donors (Lipinski definition) is 1. The molecule has 1 saturated heterocycles. The first kappa shape index (κ1) is 20.5. The van der Waals surface area contributed by atoms with Crippen molar-refractivity contribution in [2.75, 3.05) is 18.0 Å². The molecule has 1 aromatic carbocycles. The van der Waals surface area contributed by atoms with Gasteiger partial charge < -0.3 is 10.0 Å². The lowest BCUT2D eigenvalue weighted by atomic mass is 9.82. The number of benzene rings is 1. The van der Waals surface area contributed by atoms with Crippen LogP contribution < -0.4 is 4.90 Å². The van der Waals surface area contributed by atoms with Crippen LogP contribution in [0, 0.1) is 17.2 Å². The first-order valence-electron chi connectivity index (χ1n) is 10.5. The molecule has 1 aliphatic heterocycles. The normalized spacial score (nSPS) is 22.6. The van der Waals surface area contributed by atoms with Gasteiger partial charge in [-0.3, -0.25) is 4.79 Å². The maximum atomic E-state index is 13.2. The Morgan fingerprint density at radius 1 is 1.17 bits per heavy atom. The Morgan fingerprint density at radius 3 is 2.40 bits per heavy atom. The van der Waals surface area contributed by atoms with Crippen LogP contribution >= 0.6 is 0 Å². The molecule has 0 amide bonds. The summed E-state index contributed by atoms with van der Waals surface area (Å²) in [5.74, 6) is 0.728. The quantitative estimate of drug-likeness (QED) is 0.823. The molecule has 1 N–H and O–H groups in total. The second kappa shape index (κ2) is 7.48. The van der Waals surface area contributed by atoms with E-state index in [1.54, 1.807) is 12.1 Å². The van der Waals surface area contributed by atoms with Gasteiger partial charge in [-0.1, -0.05) is 45.0 Å². The molecule has 4 rings (SSSR count). The second-order valence-electron chi connectivity index (χ2n) is 9.66. The van der Waals surface area contributed by atoms with Gasteiger partial charge in [0, 0.05) is 25.4 Å². The lowest BCUT2D eigenvalue weighted by Gasteiger charge is -2.22. The Morgan fingerprint density at radius 2 is 1.87 bits per heavy atom. The predicted octanol–water partition coefficient (Wildman–Crippen LogP) is 3.13. The molecule has 2 aromatic rings. The summed E-state index contributed by atoms with van der Waals surface area (Å²) in [5.41, 5.74) is 2.34. The number of aliphatic hydroxyl groups is 1. The molecule has 2 atom stereocenters. The third-order valence-electron chi connectivity index (χ3n) is 6.53. The Labute approximate surface area is 177 Å². The van der Waals surface area contributed by atoms with Crippen molar-refractivity contribution in [2.45, 2.75) is 57.0 Å². The number of Topliss-reactive ketones (excluding diaryl/α,β-unsaturated/α-hetero) is 1. The molecule has 1 aromatic heterocycles. The van der Waals surface area contributed by atoms with Crippen LogP contribution in [0.5, 0.6) is 0 Å². The third-order valence-corrected chi connectivity index (χ3v) is 6.53. The van der Waals surface area contributed by atoms with E-state index in [4.69, 9.17) is 5.26 Å². The van der Waals surface area contributed by atoms with Gasteiger partial charge in [-0.25, -0.2) is 0 Å². The smallest absolute Gasteiger partial charge is 0.163 e. The minimum absolute atomic E-state index is 0.0883. The molecule has 0 spiro atoms. The summed E-state index contributed by atoms with van der Waals surface area (Å²) >= 11 is 0. The van der Waals surface area contributed by atoms with Gasteiger partial charge in [0.15, 0.2) is 11.5 Å². The van der Waals surface area contributed by atoms with Crippen LogP contribution in [0.1, 0.15) is 56.9 Å². The Balaban J connectivity index is 1.44. The molecule has 0 radical (unpaired) electrons. The lowest BCUT2D eigenvalue weighted by Crippen LogP contribution is -2.28. The standard InChI is InChI=1S/C24H28N4O2/c1-23(2,3)17-4-6-18(7-5-17)24(10-11-24)21(30)12-16-14-28(15-20(16)29)22-9-8-19(13-25)26-27-22/h4-9,16,20,29H,10-12,14-15H2,1-3H3/t16?,20-/m1/s1. The van der Waals surface area contributed by atoms with Crippen molar-refractivity contribution in [3.8, 4) is 6.07 Å². The first-order valence-corrected chi connectivity index (χ1v) is 10.5. The minimum Gasteiger partial charge on any atom is -0.391 e. The van der Waals surface area contributed by atoms with E-state index >= 15 is 0 Å². The number of rotatable bonds is 5. The molecule has 1 unspecified atom stereocenters. The van der Waals surface area contributed by atoms with Gasteiger partial charge in [-0.15, -0.1) is 10.2 Å². The molecule has 30 heavy (non-hydrogen) atoms. The van der Waals surface area contributed by atoms with Gasteiger partial charge in [-0.2, -0.15) is 5.26 Å². The summed E-state index contributed by atoms with van der Waals surface area (Å²) in [7, 11) is 0. The van der Waals surface area contributed by atoms with Crippen molar-refractivity contribution in [3.63, 3.8) is 0 Å². The summed E-state index contributed by atoms with van der Waals surface area (Å²) in [6.45, 7) is 7.54. The van der Waals surface area contributed by atoms with Crippen molar-refractivity contribution in [3.05, 3.63) is 53.2 Å². The van der Waals surface area contributed by atoms with Crippen LogP contribution in [0.3, 0.4) is 0 Å². The zero-order valence-electron chi connectivity index (χ0n) is 17.8. The van der Waals surface area contributed by atoms with Gasteiger partial charge in [0.2, 0.25) is 0 Å². The van der Waals surface area contributed by atoms with E-state index in [-0.39, 0.29) is 28.2 Å². The van der Waals surface area contributed by atoms with Gasteiger partial charge in [0.1, 0.15) is 11.9 Å². The number of hydrogen-bond acceptors (Lipinski definition) is 6. The number of ketones is 1. The first-order chi connectivity index (χ1) is 14.2. The predicted molar refractivity (Wildman–Crippen MR) is 114 cm³/mol. The van der Waals surface area contributed by atoms with Crippen molar-refractivity contribution in [2.24, 2.45) is 5.92 Å². The highest BCUT2D eigenvalue weighted by molar-refractivity contribution is 5.93.